The highest BCUT2D eigenvalue weighted by Gasteiger charge is 2.31. The second-order valence-corrected chi connectivity index (χ2v) is 9.43. The molecule has 0 saturated heterocycles. The van der Waals surface area contributed by atoms with Gasteiger partial charge >= 0.3 is 12.3 Å². The van der Waals surface area contributed by atoms with Crippen LogP contribution in [0, 0.1) is 5.82 Å². The summed E-state index contributed by atoms with van der Waals surface area (Å²) in [5.74, 6) is 0.231. The summed E-state index contributed by atoms with van der Waals surface area (Å²) in [4.78, 5) is 12.3. The lowest BCUT2D eigenvalue weighted by atomic mass is 10.1. The van der Waals surface area contributed by atoms with Gasteiger partial charge in [0, 0.05) is 0 Å². The van der Waals surface area contributed by atoms with Crippen molar-refractivity contribution in [2.45, 2.75) is 38.5 Å². The molecule has 0 bridgehead atoms. The van der Waals surface area contributed by atoms with Gasteiger partial charge in [-0.25, -0.2) is 9.18 Å². The van der Waals surface area contributed by atoms with E-state index in [4.69, 9.17) is 14.2 Å². The van der Waals surface area contributed by atoms with Crippen LogP contribution in [0.4, 0.5) is 17.6 Å². The molecule has 9 heteroatoms. The van der Waals surface area contributed by atoms with Gasteiger partial charge in [-0.15, -0.1) is 13.2 Å². The molecule has 0 radical (unpaired) electrons. The zero-order chi connectivity index (χ0) is 29.8. The van der Waals surface area contributed by atoms with Crippen molar-refractivity contribution in [1.82, 2.24) is 0 Å². The van der Waals surface area contributed by atoms with Crippen molar-refractivity contribution in [3.8, 4) is 34.1 Å². The van der Waals surface area contributed by atoms with Gasteiger partial charge in [0.2, 0.25) is 0 Å². The van der Waals surface area contributed by atoms with Crippen LogP contribution in [0.25, 0.3) is 11.1 Å². The first kappa shape index (κ1) is 30.4. The molecule has 0 spiro atoms. The fourth-order valence-electron chi connectivity index (χ4n) is 4.06. The third-order valence-corrected chi connectivity index (χ3v) is 6.22. The smallest absolute Gasteiger partial charge is 0.494 e. The summed E-state index contributed by atoms with van der Waals surface area (Å²) in [6.45, 7) is 1.19. The predicted molar refractivity (Wildman–Crippen MR) is 150 cm³/mol. The molecular formula is C33H30F4O5. The SMILES string of the molecule is O=C(Oc1ccc(OC(F)(F)F)cc1)c1ccc(OCCCCCCCOc2ccc(-c3ccc(F)cc3)cc2)cc1. The number of carbonyl (C=O) groups is 1. The number of carbonyl (C=O) groups excluding carboxylic acids is 1. The van der Waals surface area contributed by atoms with Crippen LogP contribution in [0.3, 0.4) is 0 Å². The molecule has 220 valence electrons. The number of benzene rings is 4. The molecule has 42 heavy (non-hydrogen) atoms. The zero-order valence-corrected chi connectivity index (χ0v) is 22.7. The average Bonchev–Trinajstić information content (AvgIpc) is 2.97. The van der Waals surface area contributed by atoms with Crippen LogP contribution < -0.4 is 18.9 Å². The number of alkyl halides is 3. The summed E-state index contributed by atoms with van der Waals surface area (Å²) in [6.07, 6.45) is 0.172. The highest BCUT2D eigenvalue weighted by Crippen LogP contribution is 2.26. The third kappa shape index (κ3) is 10.1. The van der Waals surface area contributed by atoms with Crippen LogP contribution in [0.1, 0.15) is 42.5 Å². The molecule has 0 atom stereocenters. The van der Waals surface area contributed by atoms with Gasteiger partial charge in [0.15, 0.2) is 0 Å². The molecule has 4 aromatic rings. The molecular weight excluding hydrogens is 552 g/mol. The number of unbranched alkanes of at least 4 members (excludes halogenated alkanes) is 4. The zero-order valence-electron chi connectivity index (χ0n) is 22.7. The first-order chi connectivity index (χ1) is 20.2. The van der Waals surface area contributed by atoms with Crippen LogP contribution in [-0.4, -0.2) is 25.5 Å². The lowest BCUT2D eigenvalue weighted by Crippen LogP contribution is -2.17. The molecule has 0 aliphatic carbocycles. The maximum Gasteiger partial charge on any atom is 0.573 e. The Bertz CT molecular complexity index is 1390. The summed E-state index contributed by atoms with van der Waals surface area (Å²) >= 11 is 0. The monoisotopic (exact) mass is 582 g/mol. The summed E-state index contributed by atoms with van der Waals surface area (Å²) in [7, 11) is 0. The second-order valence-electron chi connectivity index (χ2n) is 9.43. The largest absolute Gasteiger partial charge is 0.573 e. The van der Waals surface area contributed by atoms with Gasteiger partial charge in [-0.1, -0.05) is 43.5 Å². The number of halogens is 4. The number of esters is 1. The summed E-state index contributed by atoms with van der Waals surface area (Å²) < 4.78 is 70.4. The van der Waals surface area contributed by atoms with E-state index in [1.165, 1.54) is 24.3 Å². The van der Waals surface area contributed by atoms with Crippen molar-refractivity contribution in [1.29, 1.82) is 0 Å². The second kappa shape index (κ2) is 14.9. The molecule has 0 aliphatic heterocycles. The van der Waals surface area contributed by atoms with Gasteiger partial charge in [0.1, 0.15) is 28.8 Å². The molecule has 0 amide bonds. The maximum atomic E-state index is 13.1. The Hall–Kier alpha value is -4.53. The highest BCUT2D eigenvalue weighted by molar-refractivity contribution is 5.91. The number of rotatable bonds is 14. The first-order valence-corrected chi connectivity index (χ1v) is 13.5. The third-order valence-electron chi connectivity index (χ3n) is 6.22. The number of hydrogen-bond donors (Lipinski definition) is 0. The van der Waals surface area contributed by atoms with Crippen molar-refractivity contribution in [2.75, 3.05) is 13.2 Å². The van der Waals surface area contributed by atoms with Crippen LogP contribution in [0.15, 0.2) is 97.1 Å². The maximum absolute atomic E-state index is 13.1. The van der Waals surface area contributed by atoms with Crippen LogP contribution in [0.2, 0.25) is 0 Å². The quantitative estimate of drug-likeness (QED) is 0.0643. The van der Waals surface area contributed by atoms with Crippen LogP contribution in [0.5, 0.6) is 23.0 Å². The molecule has 0 unspecified atom stereocenters. The predicted octanol–water partition coefficient (Wildman–Crippen LogP) is 9.02. The van der Waals surface area contributed by atoms with Gasteiger partial charge in [0.05, 0.1) is 18.8 Å². The first-order valence-electron chi connectivity index (χ1n) is 13.5. The van der Waals surface area contributed by atoms with Gasteiger partial charge in [-0.05, 0) is 96.8 Å². The summed E-state index contributed by atoms with van der Waals surface area (Å²) in [5, 5.41) is 0. The Morgan fingerprint density at radius 3 is 1.50 bits per heavy atom. The van der Waals surface area contributed by atoms with Gasteiger partial charge < -0.3 is 18.9 Å². The minimum Gasteiger partial charge on any atom is -0.494 e. The van der Waals surface area contributed by atoms with E-state index in [0.29, 0.717) is 19.0 Å². The molecule has 0 N–H and O–H groups in total. The normalized spacial score (nSPS) is 11.1. The Balaban J connectivity index is 1.05. The molecule has 0 saturated carbocycles. The van der Waals surface area contributed by atoms with E-state index in [2.05, 4.69) is 4.74 Å². The van der Waals surface area contributed by atoms with E-state index in [0.717, 1.165) is 61.1 Å². The average molecular weight is 583 g/mol. The summed E-state index contributed by atoms with van der Waals surface area (Å²) in [5.41, 5.74) is 2.25. The lowest BCUT2D eigenvalue weighted by Gasteiger charge is -2.10. The van der Waals surface area contributed by atoms with Gasteiger partial charge in [0.25, 0.3) is 0 Å². The van der Waals surface area contributed by atoms with E-state index in [9.17, 15) is 22.4 Å². The molecule has 4 rings (SSSR count). The van der Waals surface area contributed by atoms with E-state index in [1.807, 2.05) is 24.3 Å². The van der Waals surface area contributed by atoms with Crippen molar-refractivity contribution >= 4 is 5.97 Å². The molecule has 0 aliphatic rings. The molecule has 5 nitrogen and oxygen atoms in total. The minimum atomic E-state index is -4.79. The Morgan fingerprint density at radius 2 is 0.976 bits per heavy atom. The Kier molecular flexibility index (Phi) is 10.8. The topological polar surface area (TPSA) is 54.0 Å². The standard InChI is InChI=1S/C33H30F4O5/c34-27-12-6-24(7-13-27)25-8-14-28(15-9-25)39-22-4-2-1-3-5-23-40-29-16-10-26(11-17-29)32(38)41-30-18-20-31(21-19-30)42-33(35,36)37/h6-21H,1-5,22-23H2. The van der Waals surface area contributed by atoms with Crippen LogP contribution in [-0.2, 0) is 0 Å². The number of hydrogen-bond acceptors (Lipinski definition) is 5. The van der Waals surface area contributed by atoms with E-state index >= 15 is 0 Å². The highest BCUT2D eigenvalue weighted by atomic mass is 19.4. The fraction of sp³-hybridized carbons (Fsp3) is 0.242. The van der Waals surface area contributed by atoms with Crippen molar-refractivity contribution < 1.29 is 41.3 Å². The fourth-order valence-corrected chi connectivity index (χ4v) is 4.06. The van der Waals surface area contributed by atoms with Crippen molar-refractivity contribution in [2.24, 2.45) is 0 Å². The van der Waals surface area contributed by atoms with Crippen molar-refractivity contribution in [3.05, 3.63) is 108 Å². The van der Waals surface area contributed by atoms with E-state index < -0.39 is 18.1 Å². The Labute approximate surface area is 241 Å². The van der Waals surface area contributed by atoms with E-state index in [-0.39, 0.29) is 17.1 Å². The summed E-state index contributed by atoms with van der Waals surface area (Å²) in [6, 6.07) is 25.2. The lowest BCUT2D eigenvalue weighted by molar-refractivity contribution is -0.274. The van der Waals surface area contributed by atoms with Crippen molar-refractivity contribution in [3.63, 3.8) is 0 Å². The molecule has 0 aromatic heterocycles. The van der Waals surface area contributed by atoms with Gasteiger partial charge in [-0.3, -0.25) is 0 Å². The molecule has 0 heterocycles. The Morgan fingerprint density at radius 1 is 0.548 bits per heavy atom. The molecule has 0 fully saturated rings. The van der Waals surface area contributed by atoms with Crippen LogP contribution >= 0.6 is 0 Å². The van der Waals surface area contributed by atoms with Gasteiger partial charge in [-0.2, -0.15) is 0 Å². The minimum absolute atomic E-state index is 0.0959. The van der Waals surface area contributed by atoms with E-state index in [1.54, 1.807) is 36.4 Å². The number of ether oxygens (including phenoxy) is 4. The molecule has 4 aromatic carbocycles.